The molecule has 0 aliphatic heterocycles. The first kappa shape index (κ1) is 21.0. The molecule has 0 radical (unpaired) electrons. The molecule has 0 bridgehead atoms. The van der Waals surface area contributed by atoms with Gasteiger partial charge in [-0.25, -0.2) is 8.42 Å². The third-order valence-electron chi connectivity index (χ3n) is 5.05. The molecule has 29 heavy (non-hydrogen) atoms. The number of rotatable bonds is 7. The number of hydrogen-bond acceptors (Lipinski definition) is 5. The Balaban J connectivity index is 1.85. The molecule has 0 unspecified atom stereocenters. The maximum atomic E-state index is 12.8. The molecular formula is C21H26N2O5S. The fraction of sp³-hybridized carbons (Fsp3) is 0.381. The fourth-order valence-electron chi connectivity index (χ4n) is 3.65. The number of nitrogens with zero attached hydrogens (tertiary/aromatic N) is 1. The van der Waals surface area contributed by atoms with E-state index in [1.807, 2.05) is 18.2 Å². The predicted octanol–water partition coefficient (Wildman–Crippen LogP) is 2.66. The number of carbonyl (C=O) groups excluding carboxylic acids is 1. The Morgan fingerprint density at radius 1 is 1.17 bits per heavy atom. The number of nitrogens with one attached hydrogen (secondary N) is 1. The van der Waals surface area contributed by atoms with Crippen molar-refractivity contribution in [3.8, 4) is 11.5 Å². The molecule has 1 amide bonds. The maximum absolute atomic E-state index is 12.8. The summed E-state index contributed by atoms with van der Waals surface area (Å²) in [4.78, 5) is 12.8. The van der Waals surface area contributed by atoms with E-state index in [9.17, 15) is 13.2 Å². The Morgan fingerprint density at radius 2 is 1.93 bits per heavy atom. The first-order chi connectivity index (χ1) is 13.8. The summed E-state index contributed by atoms with van der Waals surface area (Å²) in [6.07, 6.45) is 3.85. The molecule has 156 valence electrons. The van der Waals surface area contributed by atoms with Crippen molar-refractivity contribution in [3.05, 3.63) is 53.6 Å². The lowest BCUT2D eigenvalue weighted by Crippen LogP contribution is -2.42. The van der Waals surface area contributed by atoms with Crippen LogP contribution in [0.15, 0.2) is 42.5 Å². The second-order valence-electron chi connectivity index (χ2n) is 7.02. The average Bonchev–Trinajstić information content (AvgIpc) is 2.71. The van der Waals surface area contributed by atoms with Crippen molar-refractivity contribution < 1.29 is 22.7 Å². The molecule has 1 atom stereocenters. The van der Waals surface area contributed by atoms with Gasteiger partial charge in [0, 0.05) is 6.07 Å². The number of amides is 1. The number of benzene rings is 2. The monoisotopic (exact) mass is 418 g/mol. The highest BCUT2D eigenvalue weighted by atomic mass is 32.2. The van der Waals surface area contributed by atoms with Crippen molar-refractivity contribution in [2.24, 2.45) is 0 Å². The zero-order valence-corrected chi connectivity index (χ0v) is 17.7. The molecule has 0 spiro atoms. The van der Waals surface area contributed by atoms with E-state index in [2.05, 4.69) is 11.4 Å². The Hall–Kier alpha value is -2.74. The molecule has 0 saturated carbocycles. The molecule has 7 nitrogen and oxygen atoms in total. The number of fused-ring (bicyclic) bond motifs is 1. The number of ether oxygens (including phenoxy) is 2. The molecule has 0 fully saturated rings. The van der Waals surface area contributed by atoms with E-state index in [-0.39, 0.29) is 24.2 Å². The number of methoxy groups -OCH3 is 2. The van der Waals surface area contributed by atoms with E-state index in [4.69, 9.17) is 9.47 Å². The van der Waals surface area contributed by atoms with Gasteiger partial charge in [-0.15, -0.1) is 0 Å². The molecule has 2 aromatic rings. The summed E-state index contributed by atoms with van der Waals surface area (Å²) in [6, 6.07) is 12.7. The zero-order chi connectivity index (χ0) is 21.0. The van der Waals surface area contributed by atoms with Gasteiger partial charge in [0.05, 0.1) is 32.2 Å². The molecule has 0 heterocycles. The number of anilines is 1. The zero-order valence-electron chi connectivity index (χ0n) is 16.8. The van der Waals surface area contributed by atoms with Gasteiger partial charge in [-0.3, -0.25) is 9.10 Å². The van der Waals surface area contributed by atoms with Gasteiger partial charge in [0.1, 0.15) is 18.0 Å². The normalized spacial score (nSPS) is 15.9. The first-order valence-electron chi connectivity index (χ1n) is 9.40. The van der Waals surface area contributed by atoms with Crippen LogP contribution in [0.4, 0.5) is 5.69 Å². The number of hydrogen-bond donors (Lipinski definition) is 1. The second-order valence-corrected chi connectivity index (χ2v) is 8.93. The summed E-state index contributed by atoms with van der Waals surface area (Å²) in [7, 11) is -0.796. The van der Waals surface area contributed by atoms with Crippen molar-refractivity contribution in [2.75, 3.05) is 31.3 Å². The van der Waals surface area contributed by atoms with Gasteiger partial charge in [-0.05, 0) is 42.5 Å². The van der Waals surface area contributed by atoms with E-state index in [0.717, 1.165) is 35.4 Å². The first-order valence-corrected chi connectivity index (χ1v) is 11.2. The molecule has 1 N–H and O–H groups in total. The Labute approximate surface area is 171 Å². The second kappa shape index (κ2) is 8.73. The van der Waals surface area contributed by atoms with E-state index >= 15 is 0 Å². The molecule has 0 saturated heterocycles. The minimum Gasteiger partial charge on any atom is -0.497 e. The molecule has 2 aromatic carbocycles. The van der Waals surface area contributed by atoms with Gasteiger partial charge in [-0.2, -0.15) is 0 Å². The van der Waals surface area contributed by atoms with Crippen LogP contribution in [0.1, 0.15) is 30.0 Å². The number of carbonyl (C=O) groups is 1. The van der Waals surface area contributed by atoms with Crippen LogP contribution in [0.5, 0.6) is 11.5 Å². The highest BCUT2D eigenvalue weighted by Crippen LogP contribution is 2.34. The molecular weight excluding hydrogens is 392 g/mol. The Kier molecular flexibility index (Phi) is 6.32. The SMILES string of the molecule is COc1ccc(OC)c(N(CC(=O)N[C@@H]2CCCc3ccccc32)S(C)(=O)=O)c1. The van der Waals surface area contributed by atoms with E-state index in [1.165, 1.54) is 19.8 Å². The van der Waals surface area contributed by atoms with Crippen molar-refractivity contribution >= 4 is 21.6 Å². The number of aryl methyl sites for hydroxylation is 1. The van der Waals surface area contributed by atoms with Crippen molar-refractivity contribution in [2.45, 2.75) is 25.3 Å². The van der Waals surface area contributed by atoms with E-state index in [1.54, 1.807) is 18.2 Å². The number of sulfonamides is 1. The van der Waals surface area contributed by atoms with Gasteiger partial charge in [-0.1, -0.05) is 24.3 Å². The Bertz CT molecular complexity index is 990. The summed E-state index contributed by atoms with van der Waals surface area (Å²) in [5, 5.41) is 3.00. The van der Waals surface area contributed by atoms with Crippen LogP contribution in [-0.4, -0.2) is 41.3 Å². The predicted molar refractivity (Wildman–Crippen MR) is 112 cm³/mol. The molecule has 3 rings (SSSR count). The molecule has 1 aliphatic carbocycles. The van der Waals surface area contributed by atoms with Crippen LogP contribution in [0.2, 0.25) is 0 Å². The molecule has 1 aliphatic rings. The highest BCUT2D eigenvalue weighted by Gasteiger charge is 2.27. The largest absolute Gasteiger partial charge is 0.497 e. The van der Waals surface area contributed by atoms with Crippen LogP contribution in [-0.2, 0) is 21.2 Å². The maximum Gasteiger partial charge on any atom is 0.241 e. The quantitative estimate of drug-likeness (QED) is 0.747. The topological polar surface area (TPSA) is 84.9 Å². The standard InChI is InChI=1S/C21H26N2O5S/c1-27-16-11-12-20(28-2)19(13-16)23(29(3,25)26)14-21(24)22-18-10-6-8-15-7-4-5-9-17(15)18/h4-5,7,9,11-13,18H,6,8,10,14H2,1-3H3,(H,22,24)/t18-/m1/s1. The minimum atomic E-state index is -3.73. The van der Waals surface area contributed by atoms with Gasteiger partial charge >= 0.3 is 0 Å². The van der Waals surface area contributed by atoms with Crippen LogP contribution in [0.3, 0.4) is 0 Å². The lowest BCUT2D eigenvalue weighted by molar-refractivity contribution is -0.120. The van der Waals surface area contributed by atoms with E-state index in [0.29, 0.717) is 11.5 Å². The lowest BCUT2D eigenvalue weighted by atomic mass is 9.88. The van der Waals surface area contributed by atoms with Crippen molar-refractivity contribution in [1.82, 2.24) is 5.32 Å². The fourth-order valence-corrected chi connectivity index (χ4v) is 4.50. The molecule has 8 heteroatoms. The summed E-state index contributed by atoms with van der Waals surface area (Å²) >= 11 is 0. The third-order valence-corrected chi connectivity index (χ3v) is 6.17. The summed E-state index contributed by atoms with van der Waals surface area (Å²) < 4.78 is 36.5. The average molecular weight is 419 g/mol. The van der Waals surface area contributed by atoms with Gasteiger partial charge in [0.25, 0.3) is 0 Å². The van der Waals surface area contributed by atoms with Crippen LogP contribution in [0.25, 0.3) is 0 Å². The van der Waals surface area contributed by atoms with Crippen molar-refractivity contribution in [3.63, 3.8) is 0 Å². The minimum absolute atomic E-state index is 0.124. The third kappa shape index (κ3) is 4.82. The highest BCUT2D eigenvalue weighted by molar-refractivity contribution is 7.92. The van der Waals surface area contributed by atoms with Crippen molar-refractivity contribution in [1.29, 1.82) is 0 Å². The lowest BCUT2D eigenvalue weighted by Gasteiger charge is -2.28. The van der Waals surface area contributed by atoms with E-state index < -0.39 is 10.0 Å². The van der Waals surface area contributed by atoms with Crippen LogP contribution in [0, 0.1) is 0 Å². The summed E-state index contributed by atoms with van der Waals surface area (Å²) in [5.74, 6) is 0.435. The van der Waals surface area contributed by atoms with Gasteiger partial charge in [0.2, 0.25) is 15.9 Å². The molecule has 0 aromatic heterocycles. The van der Waals surface area contributed by atoms with Crippen LogP contribution >= 0.6 is 0 Å². The Morgan fingerprint density at radius 3 is 2.62 bits per heavy atom. The van der Waals surface area contributed by atoms with Crippen LogP contribution < -0.4 is 19.1 Å². The van der Waals surface area contributed by atoms with Gasteiger partial charge < -0.3 is 14.8 Å². The smallest absolute Gasteiger partial charge is 0.241 e. The van der Waals surface area contributed by atoms with Gasteiger partial charge in [0.15, 0.2) is 0 Å². The summed E-state index contributed by atoms with van der Waals surface area (Å²) in [6.45, 7) is -0.346. The summed E-state index contributed by atoms with van der Waals surface area (Å²) in [5.41, 5.74) is 2.57.